The average molecular weight is 321 g/mol. The van der Waals surface area contributed by atoms with Crippen LogP contribution in [0.25, 0.3) is 0 Å². The van der Waals surface area contributed by atoms with Crippen LogP contribution in [0.3, 0.4) is 0 Å². The van der Waals surface area contributed by atoms with E-state index >= 15 is 0 Å². The van der Waals surface area contributed by atoms with Crippen LogP contribution in [0.5, 0.6) is 0 Å². The zero-order valence-corrected chi connectivity index (χ0v) is 14.2. The first-order chi connectivity index (χ1) is 11.2. The lowest BCUT2D eigenvalue weighted by Gasteiger charge is -2.23. The molecule has 2 saturated heterocycles. The Hall–Kier alpha value is -1.10. The first-order valence-electron chi connectivity index (χ1n) is 9.47. The van der Waals surface area contributed by atoms with Crippen LogP contribution in [-0.2, 0) is 9.59 Å². The Balaban J connectivity index is 1.37. The van der Waals surface area contributed by atoms with Gasteiger partial charge in [-0.3, -0.25) is 9.59 Å². The molecule has 0 aromatic carbocycles. The van der Waals surface area contributed by atoms with Gasteiger partial charge in [-0.15, -0.1) is 0 Å². The number of hydrogen-bond donors (Lipinski definition) is 2. The van der Waals surface area contributed by atoms with Gasteiger partial charge >= 0.3 is 0 Å². The van der Waals surface area contributed by atoms with Crippen molar-refractivity contribution in [3.05, 3.63) is 0 Å². The number of hydrogen-bond acceptors (Lipinski definition) is 3. The molecule has 0 bridgehead atoms. The van der Waals surface area contributed by atoms with Gasteiger partial charge in [0.2, 0.25) is 11.8 Å². The van der Waals surface area contributed by atoms with Crippen molar-refractivity contribution in [2.24, 2.45) is 17.8 Å². The third-order valence-corrected chi connectivity index (χ3v) is 6.01. The van der Waals surface area contributed by atoms with E-state index in [-0.39, 0.29) is 18.4 Å². The monoisotopic (exact) mass is 321 g/mol. The van der Waals surface area contributed by atoms with E-state index in [0.717, 1.165) is 50.9 Å². The van der Waals surface area contributed by atoms with Crippen molar-refractivity contribution in [1.82, 2.24) is 15.5 Å². The molecule has 0 radical (unpaired) electrons. The van der Waals surface area contributed by atoms with Gasteiger partial charge in [-0.1, -0.05) is 19.3 Å². The van der Waals surface area contributed by atoms with Gasteiger partial charge in [-0.05, 0) is 56.5 Å². The number of rotatable bonds is 4. The average Bonchev–Trinajstić information content (AvgIpc) is 2.92. The first kappa shape index (κ1) is 16.7. The van der Waals surface area contributed by atoms with Crippen molar-refractivity contribution < 1.29 is 9.59 Å². The molecule has 2 heterocycles. The largest absolute Gasteiger partial charge is 0.347 e. The van der Waals surface area contributed by atoms with Crippen molar-refractivity contribution in [2.45, 2.75) is 51.4 Å². The van der Waals surface area contributed by atoms with Crippen LogP contribution >= 0.6 is 0 Å². The van der Waals surface area contributed by atoms with Gasteiger partial charge in [-0.2, -0.15) is 0 Å². The van der Waals surface area contributed by atoms with Crippen LogP contribution in [0, 0.1) is 17.8 Å². The van der Waals surface area contributed by atoms with Gasteiger partial charge in [0.25, 0.3) is 0 Å². The molecule has 2 amide bonds. The molecule has 3 rings (SSSR count). The van der Waals surface area contributed by atoms with Gasteiger partial charge in [0.1, 0.15) is 0 Å². The Morgan fingerprint density at radius 2 is 1.61 bits per heavy atom. The standard InChI is InChI=1S/C18H31N3O2/c22-17(10-14-4-2-1-3-5-14)20-13-18(23)21-8-6-15-11-19-12-16(15)7-9-21/h14-16,19H,1-13H2,(H,20,22)/t15-,16+. The van der Waals surface area contributed by atoms with Gasteiger partial charge in [0.15, 0.2) is 0 Å². The van der Waals surface area contributed by atoms with E-state index in [1.807, 2.05) is 4.90 Å². The van der Waals surface area contributed by atoms with Gasteiger partial charge in [0.05, 0.1) is 6.54 Å². The normalized spacial score (nSPS) is 29.0. The van der Waals surface area contributed by atoms with Crippen molar-refractivity contribution in [2.75, 3.05) is 32.7 Å². The lowest BCUT2D eigenvalue weighted by molar-refractivity contribution is -0.133. The topological polar surface area (TPSA) is 61.4 Å². The minimum absolute atomic E-state index is 0.0566. The molecule has 5 heteroatoms. The molecule has 1 aliphatic carbocycles. The van der Waals surface area contributed by atoms with E-state index in [0.29, 0.717) is 12.3 Å². The van der Waals surface area contributed by atoms with E-state index in [1.54, 1.807) is 0 Å². The zero-order chi connectivity index (χ0) is 16.1. The molecule has 0 aromatic rings. The van der Waals surface area contributed by atoms with Crippen molar-refractivity contribution in [1.29, 1.82) is 0 Å². The van der Waals surface area contributed by atoms with E-state index in [2.05, 4.69) is 10.6 Å². The fraction of sp³-hybridized carbons (Fsp3) is 0.889. The van der Waals surface area contributed by atoms with E-state index < -0.39 is 0 Å². The van der Waals surface area contributed by atoms with Crippen LogP contribution in [0.15, 0.2) is 0 Å². The highest BCUT2D eigenvalue weighted by atomic mass is 16.2. The summed E-state index contributed by atoms with van der Waals surface area (Å²) in [6, 6.07) is 0. The number of carbonyl (C=O) groups excluding carboxylic acids is 2. The maximum absolute atomic E-state index is 12.4. The summed E-state index contributed by atoms with van der Waals surface area (Å²) in [5.41, 5.74) is 0. The molecule has 0 spiro atoms. The highest BCUT2D eigenvalue weighted by Crippen LogP contribution is 2.27. The van der Waals surface area contributed by atoms with Crippen LogP contribution < -0.4 is 10.6 Å². The fourth-order valence-corrected chi connectivity index (χ4v) is 4.48. The molecule has 3 aliphatic rings. The predicted octanol–water partition coefficient (Wildman–Crippen LogP) is 1.53. The summed E-state index contributed by atoms with van der Waals surface area (Å²) in [4.78, 5) is 26.4. The van der Waals surface area contributed by atoms with Crippen LogP contribution in [-0.4, -0.2) is 49.4 Å². The second-order valence-electron chi connectivity index (χ2n) is 7.62. The smallest absolute Gasteiger partial charge is 0.241 e. The fourth-order valence-electron chi connectivity index (χ4n) is 4.48. The zero-order valence-electron chi connectivity index (χ0n) is 14.2. The third kappa shape index (κ3) is 4.69. The van der Waals surface area contributed by atoms with Crippen LogP contribution in [0.2, 0.25) is 0 Å². The van der Waals surface area contributed by atoms with Gasteiger partial charge in [0, 0.05) is 19.5 Å². The lowest BCUT2D eigenvalue weighted by atomic mass is 9.87. The Kier molecular flexibility index (Phi) is 5.92. The Morgan fingerprint density at radius 1 is 0.957 bits per heavy atom. The minimum Gasteiger partial charge on any atom is -0.347 e. The number of amides is 2. The van der Waals surface area contributed by atoms with E-state index in [1.165, 1.54) is 32.1 Å². The number of likely N-dealkylation sites (tertiary alicyclic amines) is 1. The maximum atomic E-state index is 12.4. The van der Waals surface area contributed by atoms with Crippen molar-refractivity contribution >= 4 is 11.8 Å². The molecule has 23 heavy (non-hydrogen) atoms. The molecular weight excluding hydrogens is 290 g/mol. The molecule has 0 unspecified atom stereocenters. The van der Waals surface area contributed by atoms with Crippen LogP contribution in [0.1, 0.15) is 51.4 Å². The molecule has 0 aromatic heterocycles. The van der Waals surface area contributed by atoms with Crippen molar-refractivity contribution in [3.8, 4) is 0 Å². The summed E-state index contributed by atoms with van der Waals surface area (Å²) in [5, 5.41) is 6.31. The lowest BCUT2D eigenvalue weighted by Crippen LogP contribution is -2.41. The van der Waals surface area contributed by atoms with Gasteiger partial charge < -0.3 is 15.5 Å². The highest BCUT2D eigenvalue weighted by Gasteiger charge is 2.31. The molecule has 130 valence electrons. The Morgan fingerprint density at radius 3 is 2.26 bits per heavy atom. The number of nitrogens with zero attached hydrogens (tertiary/aromatic N) is 1. The second kappa shape index (κ2) is 8.13. The summed E-state index contributed by atoms with van der Waals surface area (Å²) in [6.07, 6.45) is 8.95. The summed E-state index contributed by atoms with van der Waals surface area (Å²) >= 11 is 0. The quantitative estimate of drug-likeness (QED) is 0.825. The summed E-state index contributed by atoms with van der Waals surface area (Å²) in [6.45, 7) is 4.08. The number of nitrogens with one attached hydrogen (secondary N) is 2. The second-order valence-corrected chi connectivity index (χ2v) is 7.62. The van der Waals surface area contributed by atoms with Crippen LogP contribution in [0.4, 0.5) is 0 Å². The Labute approximate surface area is 139 Å². The van der Waals surface area contributed by atoms with E-state index in [9.17, 15) is 9.59 Å². The van der Waals surface area contributed by atoms with E-state index in [4.69, 9.17) is 0 Å². The molecular formula is C18H31N3O2. The molecule has 2 N–H and O–H groups in total. The maximum Gasteiger partial charge on any atom is 0.241 e. The first-order valence-corrected chi connectivity index (χ1v) is 9.47. The minimum atomic E-state index is 0.0566. The number of fused-ring (bicyclic) bond motifs is 1. The summed E-state index contributed by atoms with van der Waals surface area (Å²) < 4.78 is 0. The molecule has 5 nitrogen and oxygen atoms in total. The Bertz CT molecular complexity index is 406. The predicted molar refractivity (Wildman–Crippen MR) is 89.9 cm³/mol. The summed E-state index contributed by atoms with van der Waals surface area (Å²) in [5.74, 6) is 2.14. The number of carbonyl (C=O) groups is 2. The highest BCUT2D eigenvalue weighted by molar-refractivity contribution is 5.84. The molecule has 1 saturated carbocycles. The molecule has 2 aliphatic heterocycles. The molecule has 3 fully saturated rings. The van der Waals surface area contributed by atoms with Crippen molar-refractivity contribution in [3.63, 3.8) is 0 Å². The SMILES string of the molecule is O=C(CC1CCCCC1)NCC(=O)N1CC[C@@H]2CNC[C@@H]2CC1. The molecule has 2 atom stereocenters. The third-order valence-electron chi connectivity index (χ3n) is 6.01. The van der Waals surface area contributed by atoms with Gasteiger partial charge in [-0.25, -0.2) is 0 Å². The summed E-state index contributed by atoms with van der Waals surface area (Å²) in [7, 11) is 0.